The van der Waals surface area contributed by atoms with E-state index in [4.69, 9.17) is 0 Å². The summed E-state index contributed by atoms with van der Waals surface area (Å²) in [6.45, 7) is 5.17. The lowest BCUT2D eigenvalue weighted by Crippen LogP contribution is -2.13. The van der Waals surface area contributed by atoms with Crippen LogP contribution in [-0.4, -0.2) is 22.6 Å². The Balaban J connectivity index is 1.99. The minimum absolute atomic E-state index is 0.211. The zero-order valence-electron chi connectivity index (χ0n) is 10.6. The van der Waals surface area contributed by atoms with E-state index in [1.165, 1.54) is 18.6 Å². The molecule has 3 rings (SSSR count). The largest absolute Gasteiger partial charge is 0.328 e. The van der Waals surface area contributed by atoms with Crippen molar-refractivity contribution < 1.29 is 4.39 Å². The summed E-state index contributed by atoms with van der Waals surface area (Å²) in [7, 11) is 0. The van der Waals surface area contributed by atoms with Crippen LogP contribution in [0.15, 0.2) is 18.2 Å². The van der Waals surface area contributed by atoms with Gasteiger partial charge < -0.3 is 9.88 Å². The van der Waals surface area contributed by atoms with Gasteiger partial charge >= 0.3 is 0 Å². The summed E-state index contributed by atoms with van der Waals surface area (Å²) < 4.78 is 15.4. The number of imidazole rings is 1. The Kier molecular flexibility index (Phi) is 3.04. The fourth-order valence-electron chi connectivity index (χ4n) is 2.81. The third-order valence-electron chi connectivity index (χ3n) is 3.74. The van der Waals surface area contributed by atoms with E-state index in [1.807, 2.05) is 6.07 Å². The van der Waals surface area contributed by atoms with E-state index in [2.05, 4.69) is 21.8 Å². The first-order chi connectivity index (χ1) is 8.78. The fourth-order valence-corrected chi connectivity index (χ4v) is 2.81. The Bertz CT molecular complexity index is 555. The first kappa shape index (κ1) is 11.7. The number of benzene rings is 1. The monoisotopic (exact) mass is 247 g/mol. The molecule has 2 heterocycles. The maximum Gasteiger partial charge on any atom is 0.125 e. The highest BCUT2D eigenvalue weighted by Crippen LogP contribution is 2.21. The van der Waals surface area contributed by atoms with Crippen molar-refractivity contribution in [3.8, 4) is 0 Å². The number of hydrogen-bond acceptors (Lipinski definition) is 2. The van der Waals surface area contributed by atoms with Crippen molar-refractivity contribution in [2.24, 2.45) is 5.92 Å². The van der Waals surface area contributed by atoms with Crippen molar-refractivity contribution in [3.63, 3.8) is 0 Å². The Morgan fingerprint density at radius 2 is 2.39 bits per heavy atom. The smallest absolute Gasteiger partial charge is 0.125 e. The normalized spacial score (nSPS) is 19.8. The average Bonchev–Trinajstić information content (AvgIpc) is 2.96. The summed E-state index contributed by atoms with van der Waals surface area (Å²) in [6.07, 6.45) is 2.19. The topological polar surface area (TPSA) is 29.9 Å². The van der Waals surface area contributed by atoms with Crippen LogP contribution in [0.4, 0.5) is 4.39 Å². The molecule has 0 bridgehead atoms. The van der Waals surface area contributed by atoms with Crippen LogP contribution in [0.25, 0.3) is 11.0 Å². The fraction of sp³-hybridized carbons (Fsp3) is 0.500. The summed E-state index contributed by atoms with van der Waals surface area (Å²) in [5.74, 6) is 1.54. The van der Waals surface area contributed by atoms with E-state index < -0.39 is 0 Å². The van der Waals surface area contributed by atoms with Gasteiger partial charge in [-0.15, -0.1) is 0 Å². The molecule has 18 heavy (non-hydrogen) atoms. The molecule has 1 aliphatic heterocycles. The van der Waals surface area contributed by atoms with Gasteiger partial charge in [-0.2, -0.15) is 0 Å². The summed E-state index contributed by atoms with van der Waals surface area (Å²) in [6, 6.07) is 4.87. The van der Waals surface area contributed by atoms with Crippen LogP contribution in [-0.2, 0) is 13.0 Å². The molecule has 0 radical (unpaired) electrons. The lowest BCUT2D eigenvalue weighted by molar-refractivity contribution is 0.543. The average molecular weight is 247 g/mol. The van der Waals surface area contributed by atoms with Gasteiger partial charge in [-0.05, 0) is 44.5 Å². The van der Waals surface area contributed by atoms with Gasteiger partial charge in [-0.3, -0.25) is 0 Å². The van der Waals surface area contributed by atoms with Crippen molar-refractivity contribution in [2.45, 2.75) is 26.3 Å². The molecule has 0 aliphatic carbocycles. The molecule has 1 fully saturated rings. The molecule has 1 aromatic heterocycles. The molecule has 1 saturated heterocycles. The van der Waals surface area contributed by atoms with Crippen molar-refractivity contribution in [1.29, 1.82) is 0 Å². The van der Waals surface area contributed by atoms with Crippen molar-refractivity contribution in [2.75, 3.05) is 13.1 Å². The summed E-state index contributed by atoms with van der Waals surface area (Å²) in [5.41, 5.74) is 1.82. The maximum atomic E-state index is 13.2. The van der Waals surface area contributed by atoms with Crippen LogP contribution in [0, 0.1) is 11.7 Å². The molecule has 96 valence electrons. The van der Waals surface area contributed by atoms with Crippen LogP contribution in [0.2, 0.25) is 0 Å². The number of hydrogen-bond donors (Lipinski definition) is 1. The Hall–Kier alpha value is -1.42. The summed E-state index contributed by atoms with van der Waals surface area (Å²) in [4.78, 5) is 4.60. The van der Waals surface area contributed by atoms with Crippen LogP contribution >= 0.6 is 0 Å². The highest BCUT2D eigenvalue weighted by atomic mass is 19.1. The Labute approximate surface area is 106 Å². The Morgan fingerprint density at radius 1 is 1.50 bits per heavy atom. The predicted octanol–water partition coefficient (Wildman–Crippen LogP) is 2.35. The molecule has 1 N–H and O–H groups in total. The highest BCUT2D eigenvalue weighted by molar-refractivity contribution is 5.76. The third-order valence-corrected chi connectivity index (χ3v) is 3.74. The number of aryl methyl sites for hydroxylation is 1. The van der Waals surface area contributed by atoms with Crippen molar-refractivity contribution >= 4 is 11.0 Å². The van der Waals surface area contributed by atoms with Crippen molar-refractivity contribution in [1.82, 2.24) is 14.9 Å². The van der Waals surface area contributed by atoms with Crippen LogP contribution in [0.3, 0.4) is 0 Å². The van der Waals surface area contributed by atoms with E-state index in [0.29, 0.717) is 5.92 Å². The second kappa shape index (κ2) is 4.69. The van der Waals surface area contributed by atoms with Crippen LogP contribution in [0.5, 0.6) is 0 Å². The number of aromatic nitrogens is 2. The van der Waals surface area contributed by atoms with Gasteiger partial charge in [-0.25, -0.2) is 9.37 Å². The van der Waals surface area contributed by atoms with Gasteiger partial charge in [0, 0.05) is 19.0 Å². The molecule has 0 amide bonds. The first-order valence-electron chi connectivity index (χ1n) is 6.63. The molecule has 1 atom stereocenters. The number of fused-ring (bicyclic) bond motifs is 1. The molecule has 4 heteroatoms. The van der Waals surface area contributed by atoms with Crippen LogP contribution < -0.4 is 5.32 Å². The SMILES string of the molecule is CCn1c(CC2CCNC2)nc2cc(F)ccc21. The zero-order valence-corrected chi connectivity index (χ0v) is 10.6. The molecule has 0 spiro atoms. The lowest BCUT2D eigenvalue weighted by Gasteiger charge is -2.09. The predicted molar refractivity (Wildman–Crippen MR) is 70.0 cm³/mol. The standard InChI is InChI=1S/C14H18FN3/c1-2-18-13-4-3-11(15)8-12(13)17-14(18)7-10-5-6-16-9-10/h3-4,8,10,16H,2,5-7,9H2,1H3. The highest BCUT2D eigenvalue weighted by Gasteiger charge is 2.19. The van der Waals surface area contributed by atoms with Gasteiger partial charge in [0.15, 0.2) is 0 Å². The second-order valence-electron chi connectivity index (χ2n) is 4.97. The van der Waals surface area contributed by atoms with Gasteiger partial charge in [0.2, 0.25) is 0 Å². The van der Waals surface area contributed by atoms with Gasteiger partial charge in [-0.1, -0.05) is 0 Å². The number of rotatable bonds is 3. The van der Waals surface area contributed by atoms with Gasteiger partial charge in [0.05, 0.1) is 11.0 Å². The van der Waals surface area contributed by atoms with Crippen LogP contribution in [0.1, 0.15) is 19.2 Å². The van der Waals surface area contributed by atoms with E-state index in [1.54, 1.807) is 0 Å². The minimum Gasteiger partial charge on any atom is -0.328 e. The van der Waals surface area contributed by atoms with Crippen molar-refractivity contribution in [3.05, 3.63) is 29.8 Å². The van der Waals surface area contributed by atoms with Gasteiger partial charge in [0.1, 0.15) is 11.6 Å². The number of nitrogens with one attached hydrogen (secondary N) is 1. The molecule has 2 aromatic rings. The van der Waals surface area contributed by atoms with E-state index in [-0.39, 0.29) is 5.82 Å². The Morgan fingerprint density at radius 3 is 3.11 bits per heavy atom. The first-order valence-corrected chi connectivity index (χ1v) is 6.63. The third kappa shape index (κ3) is 2.01. The van der Waals surface area contributed by atoms with E-state index in [0.717, 1.165) is 42.9 Å². The molecule has 0 saturated carbocycles. The quantitative estimate of drug-likeness (QED) is 0.902. The number of nitrogens with zero attached hydrogens (tertiary/aromatic N) is 2. The molecular formula is C14H18FN3. The summed E-state index contributed by atoms with van der Waals surface area (Å²) >= 11 is 0. The molecular weight excluding hydrogens is 229 g/mol. The van der Waals surface area contributed by atoms with E-state index in [9.17, 15) is 4.39 Å². The number of halogens is 1. The van der Waals surface area contributed by atoms with Gasteiger partial charge in [0.25, 0.3) is 0 Å². The molecule has 1 aromatic carbocycles. The minimum atomic E-state index is -0.211. The van der Waals surface area contributed by atoms with E-state index >= 15 is 0 Å². The molecule has 1 aliphatic rings. The summed E-state index contributed by atoms with van der Waals surface area (Å²) in [5, 5.41) is 3.38. The molecule has 1 unspecified atom stereocenters. The second-order valence-corrected chi connectivity index (χ2v) is 4.97. The zero-order chi connectivity index (χ0) is 12.5. The molecule has 3 nitrogen and oxygen atoms in total. The lowest BCUT2D eigenvalue weighted by atomic mass is 10.0. The maximum absolute atomic E-state index is 13.2.